The summed E-state index contributed by atoms with van der Waals surface area (Å²) in [4.78, 5) is 39.0. The van der Waals surface area contributed by atoms with Gasteiger partial charge in [-0.05, 0) is 91.0 Å². The largest absolute Gasteiger partial charge is 0.474 e. The fourth-order valence-electron chi connectivity index (χ4n) is 9.65. The Morgan fingerprint density at radius 2 is 1.55 bits per heavy atom. The number of likely N-dealkylation sites (tertiary alicyclic amines) is 2. The molecule has 304 valence electrons. The lowest BCUT2D eigenvalue weighted by Crippen LogP contribution is -2.56. The summed E-state index contributed by atoms with van der Waals surface area (Å²) in [7, 11) is 1.42. The van der Waals surface area contributed by atoms with Crippen molar-refractivity contribution >= 4 is 23.6 Å². The molecule has 0 aromatic carbocycles. The molecule has 0 radical (unpaired) electrons. The van der Waals surface area contributed by atoms with Crippen LogP contribution in [0, 0.1) is 11.8 Å². The zero-order chi connectivity index (χ0) is 39.1. The Balaban J connectivity index is 0.825. The molecule has 1 amide bonds. The molecule has 2 bridgehead atoms. The van der Waals surface area contributed by atoms with Gasteiger partial charge >= 0.3 is 12.1 Å². The van der Waals surface area contributed by atoms with E-state index in [4.69, 9.17) is 23.5 Å². The Morgan fingerprint density at radius 3 is 2.16 bits per heavy atom. The third-order valence-electron chi connectivity index (χ3n) is 12.9. The normalized spacial score (nSPS) is 26.2. The lowest BCUT2D eigenvalue weighted by Gasteiger charge is -2.50. The number of rotatable bonds is 11. The Kier molecular flexibility index (Phi) is 11.6. The van der Waals surface area contributed by atoms with Crippen LogP contribution in [-0.2, 0) is 19.0 Å². The smallest absolute Gasteiger partial charge is 0.410 e. The SMILES string of the molecule is COC(=O)C(c1cc(N2CCC(C(C)(C)N3CCC(O[C@H]4C[C@H](Oc5cc(N6C7CCC6CN(C(=O)OC(C)(C)C)C7)ccn5)C4)CC3)CC2)no1)C(C)C. The quantitative estimate of drug-likeness (QED) is 0.228. The van der Waals surface area contributed by atoms with Crippen LogP contribution in [0.4, 0.5) is 16.3 Å². The Hall–Kier alpha value is -3.58. The van der Waals surface area contributed by atoms with Crippen LogP contribution in [0.3, 0.4) is 0 Å². The average Bonchev–Trinajstić information content (AvgIpc) is 3.71. The molecule has 4 saturated heterocycles. The van der Waals surface area contributed by atoms with Crippen molar-refractivity contribution in [2.75, 3.05) is 56.2 Å². The number of carbonyl (C=O) groups is 2. The van der Waals surface area contributed by atoms with E-state index in [1.54, 1.807) is 0 Å². The van der Waals surface area contributed by atoms with Gasteiger partial charge in [0.15, 0.2) is 11.6 Å². The van der Waals surface area contributed by atoms with Gasteiger partial charge in [0.25, 0.3) is 0 Å². The van der Waals surface area contributed by atoms with E-state index in [1.165, 1.54) is 7.11 Å². The molecule has 2 aromatic rings. The van der Waals surface area contributed by atoms with Gasteiger partial charge in [0, 0.05) is 93.7 Å². The van der Waals surface area contributed by atoms with Crippen molar-refractivity contribution < 1.29 is 33.1 Å². The van der Waals surface area contributed by atoms with Gasteiger partial charge in [-0.15, -0.1) is 0 Å². The molecule has 0 spiro atoms. The molecule has 1 aliphatic carbocycles. The third kappa shape index (κ3) is 8.87. The fourth-order valence-corrected chi connectivity index (χ4v) is 9.65. The number of anilines is 2. The maximum absolute atomic E-state index is 12.8. The number of hydrogen-bond donors (Lipinski definition) is 0. The number of amides is 1. The summed E-state index contributed by atoms with van der Waals surface area (Å²) in [5.74, 6) is 1.96. The molecular formula is C42H64N6O7. The minimum Gasteiger partial charge on any atom is -0.474 e. The Bertz CT molecular complexity index is 1610. The van der Waals surface area contributed by atoms with Crippen molar-refractivity contribution in [2.24, 2.45) is 11.8 Å². The number of fused-ring (bicyclic) bond motifs is 2. The van der Waals surface area contributed by atoms with E-state index >= 15 is 0 Å². The highest BCUT2D eigenvalue weighted by Crippen LogP contribution is 2.40. The van der Waals surface area contributed by atoms with Gasteiger partial charge in [0.2, 0.25) is 5.88 Å². The summed E-state index contributed by atoms with van der Waals surface area (Å²) in [5, 5.41) is 4.34. The van der Waals surface area contributed by atoms with Crippen LogP contribution in [-0.4, -0.2) is 120 Å². The van der Waals surface area contributed by atoms with Crippen molar-refractivity contribution in [3.8, 4) is 5.88 Å². The molecule has 13 heteroatoms. The summed E-state index contributed by atoms with van der Waals surface area (Å²) in [6.45, 7) is 19.8. The number of carbonyl (C=O) groups excluding carboxylic acids is 2. The standard InChI is InChI=1S/C42H64N6O7/c1-27(2)38(39(49)51-8)35-24-36(44-55-35)45-17-12-28(13-18-45)42(6,7)47-19-14-32(15-20-47)52-33-22-34(23-33)53-37-21-29(11-16-43-37)48-30-9-10-31(48)26-46(25-30)40(50)54-41(3,4)5/h11,16,21,24,27-28,30-34,38H,9-10,12-15,17-20,22-23,25-26H2,1-8H3/t30?,31?,33-,34-,38?. The second-order valence-electron chi connectivity index (χ2n) is 18.4. The van der Waals surface area contributed by atoms with Gasteiger partial charge in [0.1, 0.15) is 17.6 Å². The molecule has 6 heterocycles. The number of piperidine rings is 2. The molecule has 55 heavy (non-hydrogen) atoms. The summed E-state index contributed by atoms with van der Waals surface area (Å²) in [5.41, 5.74) is 0.725. The van der Waals surface area contributed by atoms with E-state index < -0.39 is 11.5 Å². The molecule has 7 rings (SSSR count). The topological polar surface area (TPSA) is 123 Å². The average molecular weight is 765 g/mol. The number of piperazine rings is 1. The maximum atomic E-state index is 12.8. The highest BCUT2D eigenvalue weighted by Gasteiger charge is 2.44. The Morgan fingerprint density at radius 1 is 0.873 bits per heavy atom. The van der Waals surface area contributed by atoms with E-state index in [1.807, 2.05) is 51.8 Å². The van der Waals surface area contributed by atoms with Crippen LogP contribution in [0.25, 0.3) is 0 Å². The molecule has 2 aromatic heterocycles. The predicted octanol–water partition coefficient (Wildman–Crippen LogP) is 6.66. The molecule has 0 N–H and O–H groups in total. The second-order valence-corrected chi connectivity index (χ2v) is 18.4. The monoisotopic (exact) mass is 764 g/mol. The highest BCUT2D eigenvalue weighted by molar-refractivity contribution is 5.77. The van der Waals surface area contributed by atoms with E-state index in [0.29, 0.717) is 30.6 Å². The van der Waals surface area contributed by atoms with Crippen molar-refractivity contribution in [3.63, 3.8) is 0 Å². The number of pyridine rings is 1. The number of esters is 1. The Labute approximate surface area is 327 Å². The molecule has 4 aliphatic heterocycles. The number of nitrogens with zero attached hydrogens (tertiary/aromatic N) is 6. The summed E-state index contributed by atoms with van der Waals surface area (Å²) in [6, 6.07) is 6.60. The summed E-state index contributed by atoms with van der Waals surface area (Å²) in [6.07, 6.45) is 10.5. The molecular weight excluding hydrogens is 700 g/mol. The van der Waals surface area contributed by atoms with E-state index in [9.17, 15) is 9.59 Å². The van der Waals surface area contributed by atoms with Crippen molar-refractivity contribution in [2.45, 2.75) is 147 Å². The summed E-state index contributed by atoms with van der Waals surface area (Å²) < 4.78 is 29.3. The first kappa shape index (κ1) is 39.6. The second kappa shape index (κ2) is 16.1. The van der Waals surface area contributed by atoms with E-state index in [-0.39, 0.29) is 53.9 Å². The van der Waals surface area contributed by atoms with Crippen LogP contribution >= 0.6 is 0 Å². The van der Waals surface area contributed by atoms with E-state index in [0.717, 1.165) is 89.1 Å². The van der Waals surface area contributed by atoms with Crippen molar-refractivity contribution in [1.29, 1.82) is 0 Å². The van der Waals surface area contributed by atoms with Gasteiger partial charge in [-0.2, -0.15) is 0 Å². The zero-order valence-corrected chi connectivity index (χ0v) is 34.4. The highest BCUT2D eigenvalue weighted by atomic mass is 16.6. The molecule has 13 nitrogen and oxygen atoms in total. The lowest BCUT2D eigenvalue weighted by molar-refractivity contribution is -0.144. The molecule has 5 fully saturated rings. The predicted molar refractivity (Wildman–Crippen MR) is 210 cm³/mol. The molecule has 5 aliphatic rings. The minimum absolute atomic E-state index is 0.0600. The van der Waals surface area contributed by atoms with Crippen molar-refractivity contribution in [3.05, 3.63) is 30.2 Å². The maximum Gasteiger partial charge on any atom is 0.410 e. The van der Waals surface area contributed by atoms with Gasteiger partial charge in [-0.1, -0.05) is 19.0 Å². The fraction of sp³-hybridized carbons (Fsp3) is 0.762. The lowest BCUT2D eigenvalue weighted by atomic mass is 9.78. The van der Waals surface area contributed by atoms with Crippen LogP contribution in [0.5, 0.6) is 5.88 Å². The van der Waals surface area contributed by atoms with Crippen LogP contribution in [0.15, 0.2) is 28.9 Å². The minimum atomic E-state index is -0.494. The first-order chi connectivity index (χ1) is 26.2. The van der Waals surface area contributed by atoms with Crippen molar-refractivity contribution in [1.82, 2.24) is 19.9 Å². The van der Waals surface area contributed by atoms with Gasteiger partial charge in [-0.3, -0.25) is 9.69 Å². The molecule has 3 atom stereocenters. The third-order valence-corrected chi connectivity index (χ3v) is 12.9. The van der Waals surface area contributed by atoms with Gasteiger partial charge < -0.3 is 38.2 Å². The number of methoxy groups -OCH3 is 1. The van der Waals surface area contributed by atoms with Gasteiger partial charge in [0.05, 0.1) is 19.3 Å². The number of aromatic nitrogens is 2. The first-order valence-corrected chi connectivity index (χ1v) is 20.8. The van der Waals surface area contributed by atoms with Gasteiger partial charge in [-0.25, -0.2) is 9.78 Å². The summed E-state index contributed by atoms with van der Waals surface area (Å²) >= 11 is 0. The van der Waals surface area contributed by atoms with Crippen LogP contribution in [0.1, 0.15) is 112 Å². The first-order valence-electron chi connectivity index (χ1n) is 20.8. The van der Waals surface area contributed by atoms with Crippen LogP contribution < -0.4 is 14.5 Å². The van der Waals surface area contributed by atoms with E-state index in [2.05, 4.69) is 50.8 Å². The molecule has 3 unspecified atom stereocenters. The number of hydrogen-bond acceptors (Lipinski definition) is 12. The van der Waals surface area contributed by atoms with Crippen LogP contribution in [0.2, 0.25) is 0 Å². The molecule has 1 saturated carbocycles. The zero-order valence-electron chi connectivity index (χ0n) is 34.4. The number of ether oxygens (including phenoxy) is 4.